The molecule has 0 aliphatic heterocycles. The molecule has 10 nitrogen and oxygen atoms in total. The number of unbranched alkanes of at least 4 members (excludes halogenated alkanes) is 1. The van der Waals surface area contributed by atoms with Crippen LogP contribution >= 0.6 is 0 Å². The lowest BCUT2D eigenvalue weighted by Gasteiger charge is -1.79. The molecule has 0 amide bonds. The van der Waals surface area contributed by atoms with Crippen LogP contribution in [0.2, 0.25) is 0 Å². The minimum atomic E-state index is 0. The monoisotopic (exact) mass is 318 g/mol. The number of hydrogen-bond acceptors (Lipinski definition) is 8. The van der Waals surface area contributed by atoms with Crippen LogP contribution in [0.15, 0.2) is 0 Å². The molecule has 20 heavy (non-hydrogen) atoms. The molecule has 0 saturated heterocycles. The Bertz CT molecular complexity index is 43.7. The van der Waals surface area contributed by atoms with Crippen molar-refractivity contribution in [3.8, 4) is 0 Å². The molecule has 0 aliphatic rings. The van der Waals surface area contributed by atoms with Crippen molar-refractivity contribution in [3.63, 3.8) is 0 Å². The molecule has 0 aromatic carbocycles. The van der Waals surface area contributed by atoms with Gasteiger partial charge < -0.3 is 57.7 Å². The van der Waals surface area contributed by atoms with E-state index < -0.39 is 0 Å². The predicted molar refractivity (Wildman–Crippen MR) is 95.3 cm³/mol. The smallest absolute Gasteiger partial charge is 0.0430 e. The highest BCUT2D eigenvalue weighted by atomic mass is 16.3. The largest absolute Gasteiger partial charge is 0.412 e. The van der Waals surface area contributed by atoms with E-state index in [0.717, 1.165) is 20.0 Å². The fourth-order valence-electron chi connectivity index (χ4n) is 0.158. The highest BCUT2D eigenvalue weighted by molar-refractivity contribution is 4.23. The topological polar surface area (TPSA) is 304 Å². The first-order valence-corrected chi connectivity index (χ1v) is 4.46. The number of nitrogens with two attached hydrogens (primary N) is 1. The molecule has 10 heteroatoms. The quantitative estimate of drug-likeness (QED) is 0.364. The summed E-state index contributed by atoms with van der Waals surface area (Å²) in [6, 6.07) is 0. The number of aliphatic hydroxyl groups excluding tert-OH is 2. The standard InChI is InChI=1S/C4H10O.C3H8.CH5N.CH4O.CH4.5H3N.2H2O/c1-2-3-4-5;1-3-2;2*1-2;;;;;;;;/h5H,2-4H2,1H3;3H2,1-2H3;2H2,1H3;2H,1H3;1H4;5*1H3;2*1H2. The summed E-state index contributed by atoms with van der Waals surface area (Å²) in [7, 11) is 2.50. The van der Waals surface area contributed by atoms with Gasteiger partial charge in [0, 0.05) is 13.7 Å². The van der Waals surface area contributed by atoms with Gasteiger partial charge in [-0.1, -0.05) is 41.0 Å². The second-order valence-corrected chi connectivity index (χ2v) is 1.78. The molecule has 0 saturated carbocycles. The van der Waals surface area contributed by atoms with Gasteiger partial charge in [0.2, 0.25) is 0 Å². The van der Waals surface area contributed by atoms with Crippen molar-refractivity contribution < 1.29 is 21.2 Å². The van der Waals surface area contributed by atoms with E-state index in [-0.39, 0.29) is 49.1 Å². The van der Waals surface area contributed by atoms with Crippen LogP contribution in [-0.4, -0.2) is 41.9 Å². The Kier molecular flexibility index (Phi) is 2610. The fraction of sp³-hybridized carbons (Fsp3) is 1.00. The van der Waals surface area contributed by atoms with E-state index in [1.54, 1.807) is 0 Å². The summed E-state index contributed by atoms with van der Waals surface area (Å²) in [5.74, 6) is 0. The van der Waals surface area contributed by atoms with Gasteiger partial charge in [0.15, 0.2) is 0 Å². The van der Waals surface area contributed by atoms with Gasteiger partial charge in [-0.3, -0.25) is 0 Å². The molecule has 23 N–H and O–H groups in total. The van der Waals surface area contributed by atoms with Crippen LogP contribution in [0.5, 0.6) is 0 Å². The van der Waals surface area contributed by atoms with Crippen molar-refractivity contribution in [1.29, 1.82) is 0 Å². The van der Waals surface area contributed by atoms with E-state index in [2.05, 4.69) is 26.5 Å². The van der Waals surface area contributed by atoms with Crippen LogP contribution in [0.25, 0.3) is 0 Å². The summed E-state index contributed by atoms with van der Waals surface area (Å²) >= 11 is 0. The number of aliphatic hydroxyl groups is 2. The zero-order valence-corrected chi connectivity index (χ0v) is 13.8. The van der Waals surface area contributed by atoms with E-state index in [1.165, 1.54) is 13.5 Å². The average molecular weight is 319 g/mol. The van der Waals surface area contributed by atoms with E-state index in [9.17, 15) is 0 Å². The maximum absolute atomic E-state index is 8.07. The molecule has 0 heterocycles. The van der Waals surface area contributed by atoms with Crippen molar-refractivity contribution in [2.45, 2.75) is 47.5 Å². The molecular weight excluding hydrogens is 268 g/mol. The van der Waals surface area contributed by atoms with Gasteiger partial charge in [0.1, 0.15) is 0 Å². The van der Waals surface area contributed by atoms with Crippen LogP contribution in [0, 0.1) is 0 Å². The fourth-order valence-corrected chi connectivity index (χ4v) is 0.158. The van der Waals surface area contributed by atoms with Crippen LogP contribution in [0.4, 0.5) is 0 Å². The normalized spacial score (nSPS) is 3.60. The minimum absolute atomic E-state index is 0. The van der Waals surface area contributed by atoms with E-state index in [0.29, 0.717) is 6.61 Å². The third kappa shape index (κ3) is 1890. The number of rotatable bonds is 2. The summed E-state index contributed by atoms with van der Waals surface area (Å²) in [6.07, 6.45) is 3.29. The molecule has 0 radical (unpaired) electrons. The molecule has 144 valence electrons. The first-order valence-electron chi connectivity index (χ1n) is 4.46. The maximum Gasteiger partial charge on any atom is 0.0430 e. The highest BCUT2D eigenvalue weighted by Crippen LogP contribution is 1.78. The molecule has 0 atom stereocenters. The SMILES string of the molecule is C.CCC.CCCCO.CN.CO.N.N.N.N.N.O.O. The van der Waals surface area contributed by atoms with Gasteiger partial charge in [0.05, 0.1) is 0 Å². The van der Waals surface area contributed by atoms with Gasteiger partial charge in [-0.2, -0.15) is 0 Å². The zero-order chi connectivity index (χ0) is 10.8. The summed E-state index contributed by atoms with van der Waals surface area (Å²) in [5.41, 5.74) is 4.50. The lowest BCUT2D eigenvalue weighted by molar-refractivity contribution is 0.287. The molecule has 0 fully saturated rings. The van der Waals surface area contributed by atoms with Gasteiger partial charge in [-0.05, 0) is 13.5 Å². The second kappa shape index (κ2) is 445. The van der Waals surface area contributed by atoms with Crippen LogP contribution in [0.1, 0.15) is 47.5 Å². The summed E-state index contributed by atoms with van der Waals surface area (Å²) in [5, 5.41) is 15.1. The molecule has 0 bridgehead atoms. The Morgan fingerprint density at radius 1 is 0.750 bits per heavy atom. The Balaban J connectivity index is -0.00000000396. The second-order valence-electron chi connectivity index (χ2n) is 1.78. The first kappa shape index (κ1) is 117. The van der Waals surface area contributed by atoms with Crippen molar-refractivity contribution >= 4 is 0 Å². The van der Waals surface area contributed by atoms with E-state index in [4.69, 9.17) is 10.2 Å². The van der Waals surface area contributed by atoms with Crippen molar-refractivity contribution in [2.24, 2.45) is 5.73 Å². The predicted octanol–water partition coefficient (Wildman–Crippen LogP) is 1.18. The van der Waals surface area contributed by atoms with Crippen molar-refractivity contribution in [1.82, 2.24) is 30.8 Å². The van der Waals surface area contributed by atoms with Gasteiger partial charge in [-0.25, -0.2) is 0 Å². The third-order valence-corrected chi connectivity index (χ3v) is 0.512. The van der Waals surface area contributed by atoms with Crippen molar-refractivity contribution in [3.05, 3.63) is 0 Å². The summed E-state index contributed by atoms with van der Waals surface area (Å²) in [4.78, 5) is 0. The molecule has 0 rings (SSSR count). The van der Waals surface area contributed by atoms with Crippen LogP contribution in [0.3, 0.4) is 0 Å². The van der Waals surface area contributed by atoms with Crippen molar-refractivity contribution in [2.75, 3.05) is 20.8 Å². The molecular formula is C10H50N6O4. The van der Waals surface area contributed by atoms with E-state index >= 15 is 0 Å². The molecule has 0 aliphatic carbocycles. The van der Waals surface area contributed by atoms with Gasteiger partial charge in [-0.15, -0.1) is 0 Å². The highest BCUT2D eigenvalue weighted by Gasteiger charge is 1.69. The molecule has 0 aromatic rings. The Hall–Kier alpha value is -0.400. The van der Waals surface area contributed by atoms with Gasteiger partial charge >= 0.3 is 0 Å². The first-order chi connectivity index (χ1) is 5.83. The van der Waals surface area contributed by atoms with E-state index in [1.807, 2.05) is 0 Å². The minimum Gasteiger partial charge on any atom is -0.412 e. The van der Waals surface area contributed by atoms with Crippen LogP contribution < -0.4 is 36.5 Å². The van der Waals surface area contributed by atoms with Crippen LogP contribution in [-0.2, 0) is 0 Å². The van der Waals surface area contributed by atoms with Gasteiger partial charge in [0.25, 0.3) is 0 Å². The summed E-state index contributed by atoms with van der Waals surface area (Å²) < 4.78 is 0. The maximum atomic E-state index is 8.07. The number of hydrogen-bond donors (Lipinski definition) is 8. The Morgan fingerprint density at radius 2 is 0.900 bits per heavy atom. The molecule has 0 aromatic heterocycles. The third-order valence-electron chi connectivity index (χ3n) is 0.512. The lowest BCUT2D eigenvalue weighted by atomic mass is 10.4. The lowest BCUT2D eigenvalue weighted by Crippen LogP contribution is -1.75. The molecule has 0 spiro atoms. The Labute approximate surface area is 127 Å². The molecule has 0 unspecified atom stereocenters. The zero-order valence-electron chi connectivity index (χ0n) is 13.8. The Morgan fingerprint density at radius 3 is 0.900 bits per heavy atom. The average Bonchev–Trinajstić information content (AvgIpc) is 2.14. The summed E-state index contributed by atoms with van der Waals surface area (Å²) in [6.45, 7) is 6.65.